The van der Waals surface area contributed by atoms with Crippen LogP contribution in [-0.4, -0.2) is 13.4 Å². The largest absolute Gasteiger partial charge is 0.278 e. The van der Waals surface area contributed by atoms with Crippen molar-refractivity contribution in [3.8, 4) is 0 Å². The molecule has 0 radical (unpaired) electrons. The first kappa shape index (κ1) is 16.0. The van der Waals surface area contributed by atoms with Crippen LogP contribution in [0.3, 0.4) is 0 Å². The summed E-state index contributed by atoms with van der Waals surface area (Å²) < 4.78 is 28.8. The topological polar surface area (TPSA) is 59.1 Å². The van der Waals surface area contributed by atoms with Crippen LogP contribution in [0.25, 0.3) is 10.9 Å². The van der Waals surface area contributed by atoms with E-state index in [9.17, 15) is 8.42 Å². The maximum atomic E-state index is 12.7. The quantitative estimate of drug-likeness (QED) is 0.719. The molecule has 0 saturated carbocycles. The van der Waals surface area contributed by atoms with E-state index in [1.165, 1.54) is 6.20 Å². The van der Waals surface area contributed by atoms with Gasteiger partial charge in [0, 0.05) is 9.86 Å². The highest BCUT2D eigenvalue weighted by Gasteiger charge is 2.18. The Morgan fingerprint density at radius 2 is 1.91 bits per heavy atom. The molecule has 0 atom stereocenters. The molecule has 0 spiro atoms. The van der Waals surface area contributed by atoms with Crippen molar-refractivity contribution in [1.82, 2.24) is 4.98 Å². The summed E-state index contributed by atoms with van der Waals surface area (Å²) in [5.74, 6) is 0. The van der Waals surface area contributed by atoms with Gasteiger partial charge in [-0.05, 0) is 42.3 Å². The number of benzene rings is 2. The molecular weight excluding hydrogens is 376 g/mol. The van der Waals surface area contributed by atoms with Crippen LogP contribution in [0.4, 0.5) is 5.69 Å². The highest BCUT2D eigenvalue weighted by atomic mass is 79.9. The fourth-order valence-electron chi connectivity index (χ4n) is 2.42. The molecule has 0 unspecified atom stereocenters. The Balaban J connectivity index is 1.99. The van der Waals surface area contributed by atoms with Gasteiger partial charge < -0.3 is 0 Å². The Morgan fingerprint density at radius 1 is 1.13 bits per heavy atom. The van der Waals surface area contributed by atoms with E-state index in [-0.39, 0.29) is 4.90 Å². The van der Waals surface area contributed by atoms with Gasteiger partial charge in [0.25, 0.3) is 10.0 Å². The van der Waals surface area contributed by atoms with Gasteiger partial charge in [-0.25, -0.2) is 8.42 Å². The second kappa shape index (κ2) is 6.29. The lowest BCUT2D eigenvalue weighted by Crippen LogP contribution is -2.15. The molecule has 2 aromatic carbocycles. The number of hydrogen-bond acceptors (Lipinski definition) is 3. The van der Waals surface area contributed by atoms with Crippen LogP contribution in [0, 0.1) is 0 Å². The average molecular weight is 391 g/mol. The molecule has 118 valence electrons. The third-order valence-electron chi connectivity index (χ3n) is 3.54. The minimum absolute atomic E-state index is 0.288. The SMILES string of the molecule is CCc1cc(Br)ccc1S(=O)(=O)Nc1cnc2ccccc2c1. The van der Waals surface area contributed by atoms with E-state index in [4.69, 9.17) is 0 Å². The van der Waals surface area contributed by atoms with Gasteiger partial charge in [0.15, 0.2) is 0 Å². The van der Waals surface area contributed by atoms with Crippen LogP contribution in [0.1, 0.15) is 12.5 Å². The normalized spacial score (nSPS) is 11.6. The summed E-state index contributed by atoms with van der Waals surface area (Å²) in [5, 5.41) is 0.888. The maximum absolute atomic E-state index is 12.7. The molecule has 1 N–H and O–H groups in total. The number of aromatic nitrogens is 1. The summed E-state index contributed by atoms with van der Waals surface area (Å²) in [4.78, 5) is 4.57. The third-order valence-corrected chi connectivity index (χ3v) is 5.51. The summed E-state index contributed by atoms with van der Waals surface area (Å²) in [6.07, 6.45) is 2.16. The Bertz CT molecular complexity index is 971. The summed E-state index contributed by atoms with van der Waals surface area (Å²) in [5.41, 5.74) is 2.04. The fourth-order valence-corrected chi connectivity index (χ4v) is 4.16. The standard InChI is InChI=1S/C17H15BrN2O2S/c1-2-12-9-14(18)7-8-17(12)23(21,22)20-15-10-13-5-3-4-6-16(13)19-11-15/h3-11,20H,2H2,1H3. The van der Waals surface area contributed by atoms with E-state index < -0.39 is 10.0 Å². The molecular formula is C17H15BrN2O2S. The first-order valence-corrected chi connectivity index (χ1v) is 9.43. The van der Waals surface area contributed by atoms with Crippen molar-refractivity contribution >= 4 is 42.5 Å². The van der Waals surface area contributed by atoms with E-state index >= 15 is 0 Å². The number of para-hydroxylation sites is 1. The van der Waals surface area contributed by atoms with Gasteiger partial charge in [0.05, 0.1) is 22.3 Å². The molecule has 4 nitrogen and oxygen atoms in total. The second-order valence-electron chi connectivity index (χ2n) is 5.13. The molecule has 0 amide bonds. The van der Waals surface area contributed by atoms with Crippen molar-refractivity contribution < 1.29 is 8.42 Å². The maximum Gasteiger partial charge on any atom is 0.262 e. The number of nitrogens with zero attached hydrogens (tertiary/aromatic N) is 1. The third kappa shape index (κ3) is 3.38. The molecule has 0 aliphatic heterocycles. The minimum atomic E-state index is -3.65. The second-order valence-corrected chi connectivity index (χ2v) is 7.69. The van der Waals surface area contributed by atoms with E-state index in [0.717, 1.165) is 20.9 Å². The molecule has 1 heterocycles. The van der Waals surface area contributed by atoms with Gasteiger partial charge in [-0.3, -0.25) is 9.71 Å². The molecule has 0 saturated heterocycles. The van der Waals surface area contributed by atoms with Crippen molar-refractivity contribution in [2.24, 2.45) is 0 Å². The predicted octanol–water partition coefficient (Wildman–Crippen LogP) is 4.36. The van der Waals surface area contributed by atoms with E-state index in [0.29, 0.717) is 12.1 Å². The van der Waals surface area contributed by atoms with E-state index in [1.807, 2.05) is 37.3 Å². The number of nitrogens with one attached hydrogen (secondary N) is 1. The number of pyridine rings is 1. The molecule has 0 fully saturated rings. The van der Waals surface area contributed by atoms with Gasteiger partial charge in [0.2, 0.25) is 0 Å². The first-order valence-electron chi connectivity index (χ1n) is 7.15. The molecule has 3 aromatic rings. The van der Waals surface area contributed by atoms with Crippen molar-refractivity contribution in [2.45, 2.75) is 18.2 Å². The van der Waals surface area contributed by atoms with E-state index in [1.54, 1.807) is 18.2 Å². The predicted molar refractivity (Wildman–Crippen MR) is 96.1 cm³/mol. The summed E-state index contributed by atoms with van der Waals surface area (Å²) >= 11 is 3.37. The lowest BCUT2D eigenvalue weighted by Gasteiger charge is -2.12. The number of sulfonamides is 1. The van der Waals surface area contributed by atoms with Crippen LogP contribution in [0.15, 0.2) is 64.1 Å². The zero-order valence-electron chi connectivity index (χ0n) is 12.5. The summed E-state index contributed by atoms with van der Waals surface area (Å²) in [7, 11) is -3.65. The smallest absolute Gasteiger partial charge is 0.262 e. The number of halogens is 1. The zero-order chi connectivity index (χ0) is 16.4. The molecule has 0 bridgehead atoms. The highest BCUT2D eigenvalue weighted by molar-refractivity contribution is 9.10. The minimum Gasteiger partial charge on any atom is -0.278 e. The first-order chi connectivity index (χ1) is 11.0. The number of rotatable bonds is 4. The van der Waals surface area contributed by atoms with Gasteiger partial charge in [-0.1, -0.05) is 41.1 Å². The summed E-state index contributed by atoms with van der Waals surface area (Å²) in [6.45, 7) is 1.93. The van der Waals surface area contributed by atoms with Crippen LogP contribution < -0.4 is 4.72 Å². The molecule has 0 aliphatic carbocycles. The van der Waals surface area contributed by atoms with Gasteiger partial charge in [0.1, 0.15) is 0 Å². The number of anilines is 1. The van der Waals surface area contributed by atoms with Gasteiger partial charge in [-0.15, -0.1) is 0 Å². The van der Waals surface area contributed by atoms with Crippen molar-refractivity contribution in [2.75, 3.05) is 4.72 Å². The lowest BCUT2D eigenvalue weighted by molar-refractivity contribution is 0.600. The Kier molecular flexibility index (Phi) is 4.37. The zero-order valence-corrected chi connectivity index (χ0v) is 14.9. The average Bonchev–Trinajstić information content (AvgIpc) is 2.54. The Hall–Kier alpha value is -1.92. The fraction of sp³-hybridized carbons (Fsp3) is 0.118. The van der Waals surface area contributed by atoms with Gasteiger partial charge in [-0.2, -0.15) is 0 Å². The molecule has 1 aromatic heterocycles. The van der Waals surface area contributed by atoms with Crippen molar-refractivity contribution in [3.05, 3.63) is 64.8 Å². The van der Waals surface area contributed by atoms with Crippen LogP contribution in [-0.2, 0) is 16.4 Å². The van der Waals surface area contributed by atoms with Crippen molar-refractivity contribution in [1.29, 1.82) is 0 Å². The lowest BCUT2D eigenvalue weighted by atomic mass is 10.2. The molecule has 23 heavy (non-hydrogen) atoms. The number of aryl methyl sites for hydroxylation is 1. The molecule has 0 aliphatic rings. The monoisotopic (exact) mass is 390 g/mol. The number of fused-ring (bicyclic) bond motifs is 1. The van der Waals surface area contributed by atoms with Crippen LogP contribution in [0.5, 0.6) is 0 Å². The van der Waals surface area contributed by atoms with Crippen molar-refractivity contribution in [3.63, 3.8) is 0 Å². The van der Waals surface area contributed by atoms with Gasteiger partial charge >= 0.3 is 0 Å². The number of hydrogen-bond donors (Lipinski definition) is 1. The molecule has 3 rings (SSSR count). The highest BCUT2D eigenvalue weighted by Crippen LogP contribution is 2.24. The van der Waals surface area contributed by atoms with Crippen LogP contribution >= 0.6 is 15.9 Å². The summed E-state index contributed by atoms with van der Waals surface area (Å²) in [6, 6.07) is 14.5. The molecule has 6 heteroatoms. The Morgan fingerprint density at radius 3 is 2.70 bits per heavy atom. The van der Waals surface area contributed by atoms with Crippen LogP contribution in [0.2, 0.25) is 0 Å². The Labute approximate surface area is 143 Å². The van der Waals surface area contributed by atoms with E-state index in [2.05, 4.69) is 25.6 Å².